The molecule has 1 aromatic heterocycles. The van der Waals surface area contributed by atoms with E-state index in [9.17, 15) is 0 Å². The van der Waals surface area contributed by atoms with Crippen molar-refractivity contribution in [2.75, 3.05) is 4.90 Å². The Labute approximate surface area is 267 Å². The summed E-state index contributed by atoms with van der Waals surface area (Å²) in [6.45, 7) is 4.69. The van der Waals surface area contributed by atoms with E-state index < -0.39 is 0 Å². The van der Waals surface area contributed by atoms with Gasteiger partial charge in [-0.15, -0.1) is 11.3 Å². The second kappa shape index (κ2) is 9.92. The Morgan fingerprint density at radius 1 is 0.511 bits per heavy atom. The average molecular weight is 594 g/mol. The Bertz CT molecular complexity index is 2400. The molecular weight excluding hydrogens is 563 g/mol. The van der Waals surface area contributed by atoms with Crippen molar-refractivity contribution in [2.45, 2.75) is 19.3 Å². The lowest BCUT2D eigenvalue weighted by atomic mass is 9.82. The van der Waals surface area contributed by atoms with Crippen LogP contribution in [0.5, 0.6) is 0 Å². The Balaban J connectivity index is 1.15. The fourth-order valence-electron chi connectivity index (χ4n) is 7.42. The third kappa shape index (κ3) is 3.99. The van der Waals surface area contributed by atoms with E-state index >= 15 is 0 Å². The van der Waals surface area contributed by atoms with Crippen LogP contribution >= 0.6 is 11.3 Å². The molecule has 1 aliphatic carbocycles. The molecule has 1 aliphatic rings. The fraction of sp³-hybridized carbons (Fsp3) is 0.0698. The van der Waals surface area contributed by atoms with Crippen LogP contribution in [-0.2, 0) is 5.41 Å². The van der Waals surface area contributed by atoms with Gasteiger partial charge in [-0.05, 0) is 81.1 Å². The molecule has 1 heterocycles. The highest BCUT2D eigenvalue weighted by Gasteiger charge is 2.37. The van der Waals surface area contributed by atoms with Gasteiger partial charge in [-0.3, -0.25) is 0 Å². The molecule has 0 radical (unpaired) electrons. The quantitative estimate of drug-likeness (QED) is 0.196. The van der Waals surface area contributed by atoms with Gasteiger partial charge < -0.3 is 4.90 Å². The molecule has 7 aromatic carbocycles. The van der Waals surface area contributed by atoms with Crippen molar-refractivity contribution in [3.8, 4) is 22.3 Å². The van der Waals surface area contributed by atoms with Gasteiger partial charge in [-0.1, -0.05) is 123 Å². The SMILES string of the molecule is CC1(C)c2ccccc2-c2c(N(c3ccccc3)c3ccc(-c4ccc5c(ccc6c7ccccc7sc56)c4)cc3)cccc21. The summed E-state index contributed by atoms with van der Waals surface area (Å²) in [7, 11) is 0. The van der Waals surface area contributed by atoms with E-state index in [1.807, 2.05) is 11.3 Å². The first-order valence-corrected chi connectivity index (χ1v) is 16.4. The zero-order valence-electron chi connectivity index (χ0n) is 25.3. The van der Waals surface area contributed by atoms with Crippen LogP contribution in [-0.4, -0.2) is 0 Å². The van der Waals surface area contributed by atoms with E-state index in [2.05, 4.69) is 170 Å². The van der Waals surface area contributed by atoms with Gasteiger partial charge in [0.15, 0.2) is 0 Å². The van der Waals surface area contributed by atoms with Gasteiger partial charge in [-0.25, -0.2) is 0 Å². The second-order valence-electron chi connectivity index (χ2n) is 12.6. The van der Waals surface area contributed by atoms with Gasteiger partial charge in [-0.2, -0.15) is 0 Å². The Morgan fingerprint density at radius 2 is 1.20 bits per heavy atom. The Kier molecular flexibility index (Phi) is 5.78. The maximum atomic E-state index is 2.42. The van der Waals surface area contributed by atoms with Gasteiger partial charge >= 0.3 is 0 Å². The number of anilines is 3. The molecule has 0 amide bonds. The van der Waals surface area contributed by atoms with Crippen molar-refractivity contribution in [2.24, 2.45) is 0 Å². The first kappa shape index (κ1) is 26.2. The minimum atomic E-state index is -0.0500. The van der Waals surface area contributed by atoms with E-state index in [4.69, 9.17) is 0 Å². The zero-order chi connectivity index (χ0) is 30.1. The number of hydrogen-bond donors (Lipinski definition) is 0. The summed E-state index contributed by atoms with van der Waals surface area (Å²) in [5.41, 5.74) is 11.3. The molecule has 2 heteroatoms. The maximum Gasteiger partial charge on any atom is 0.0543 e. The molecule has 0 unspecified atom stereocenters. The molecule has 0 atom stereocenters. The van der Waals surface area contributed by atoms with Crippen molar-refractivity contribution in [3.05, 3.63) is 163 Å². The number of thiophene rings is 1. The topological polar surface area (TPSA) is 3.24 Å². The van der Waals surface area contributed by atoms with Crippen molar-refractivity contribution in [3.63, 3.8) is 0 Å². The average Bonchev–Trinajstić information content (AvgIpc) is 3.59. The van der Waals surface area contributed by atoms with Crippen LogP contribution in [0, 0.1) is 0 Å². The highest BCUT2D eigenvalue weighted by molar-refractivity contribution is 7.26. The Hall–Kier alpha value is -5.18. The monoisotopic (exact) mass is 593 g/mol. The molecule has 0 aliphatic heterocycles. The first-order valence-electron chi connectivity index (χ1n) is 15.6. The van der Waals surface area contributed by atoms with Gasteiger partial charge in [0, 0.05) is 42.5 Å². The number of fused-ring (bicyclic) bond motifs is 8. The number of hydrogen-bond acceptors (Lipinski definition) is 2. The lowest BCUT2D eigenvalue weighted by Gasteiger charge is -2.29. The molecule has 0 saturated heterocycles. The third-order valence-electron chi connectivity index (χ3n) is 9.66. The van der Waals surface area contributed by atoms with Gasteiger partial charge in [0.25, 0.3) is 0 Å². The van der Waals surface area contributed by atoms with Crippen molar-refractivity contribution in [1.82, 2.24) is 0 Å². The maximum absolute atomic E-state index is 2.42. The van der Waals surface area contributed by atoms with E-state index in [0.717, 1.165) is 11.4 Å². The van der Waals surface area contributed by atoms with Crippen LogP contribution in [0.3, 0.4) is 0 Å². The second-order valence-corrected chi connectivity index (χ2v) is 13.6. The van der Waals surface area contributed by atoms with Gasteiger partial charge in [0.05, 0.1) is 5.69 Å². The highest BCUT2D eigenvalue weighted by Crippen LogP contribution is 2.54. The fourth-order valence-corrected chi connectivity index (χ4v) is 8.66. The standard InChI is InChI=1S/C43H31NS/c1-43(2)37-15-8-6-14-36(37)41-38(43)16-10-17-39(41)44(31-11-4-3-5-12-31)32-23-19-28(20-24-32)29-21-25-33-30(27-29)22-26-35-34-13-7-9-18-40(34)45-42(33)35/h3-27H,1-2H3. The lowest BCUT2D eigenvalue weighted by molar-refractivity contribution is 0.660. The molecule has 45 heavy (non-hydrogen) atoms. The zero-order valence-corrected chi connectivity index (χ0v) is 26.1. The summed E-state index contributed by atoms with van der Waals surface area (Å²) in [4.78, 5) is 2.42. The van der Waals surface area contributed by atoms with Crippen LogP contribution in [0.25, 0.3) is 53.2 Å². The van der Waals surface area contributed by atoms with Crippen LogP contribution in [0.15, 0.2) is 152 Å². The molecule has 0 spiro atoms. The summed E-state index contributed by atoms with van der Waals surface area (Å²) in [6, 6.07) is 55.7. The van der Waals surface area contributed by atoms with Crippen molar-refractivity contribution in [1.29, 1.82) is 0 Å². The predicted octanol–water partition coefficient (Wildman–Crippen LogP) is 12.7. The van der Waals surface area contributed by atoms with E-state index in [-0.39, 0.29) is 5.41 Å². The number of benzene rings is 7. The minimum Gasteiger partial charge on any atom is -0.310 e. The van der Waals surface area contributed by atoms with Gasteiger partial charge in [0.2, 0.25) is 0 Å². The summed E-state index contributed by atoms with van der Waals surface area (Å²) in [5, 5.41) is 5.30. The third-order valence-corrected chi connectivity index (χ3v) is 10.9. The smallest absolute Gasteiger partial charge is 0.0543 e. The minimum absolute atomic E-state index is 0.0500. The molecule has 1 nitrogen and oxygen atoms in total. The molecule has 0 bridgehead atoms. The molecule has 0 saturated carbocycles. The van der Waals surface area contributed by atoms with Crippen LogP contribution in [0.2, 0.25) is 0 Å². The van der Waals surface area contributed by atoms with Crippen LogP contribution in [0.1, 0.15) is 25.0 Å². The van der Waals surface area contributed by atoms with Crippen molar-refractivity contribution < 1.29 is 0 Å². The van der Waals surface area contributed by atoms with E-state index in [0.29, 0.717) is 0 Å². The largest absolute Gasteiger partial charge is 0.310 e. The molecule has 0 N–H and O–H groups in total. The first-order chi connectivity index (χ1) is 22.1. The summed E-state index contributed by atoms with van der Waals surface area (Å²) >= 11 is 1.89. The summed E-state index contributed by atoms with van der Waals surface area (Å²) in [6.07, 6.45) is 0. The molecule has 0 fully saturated rings. The highest BCUT2D eigenvalue weighted by atomic mass is 32.1. The van der Waals surface area contributed by atoms with E-state index in [1.54, 1.807) is 0 Å². The number of rotatable bonds is 4. The molecule has 214 valence electrons. The van der Waals surface area contributed by atoms with Gasteiger partial charge in [0.1, 0.15) is 0 Å². The number of para-hydroxylation sites is 1. The summed E-state index contributed by atoms with van der Waals surface area (Å²) < 4.78 is 2.72. The number of nitrogens with zero attached hydrogens (tertiary/aromatic N) is 1. The summed E-state index contributed by atoms with van der Waals surface area (Å²) in [5.74, 6) is 0. The molecule has 9 rings (SSSR count). The Morgan fingerprint density at radius 3 is 2.07 bits per heavy atom. The molecule has 8 aromatic rings. The van der Waals surface area contributed by atoms with Crippen molar-refractivity contribution >= 4 is 59.3 Å². The molecular formula is C43H31NS. The van der Waals surface area contributed by atoms with Crippen LogP contribution < -0.4 is 4.90 Å². The predicted molar refractivity (Wildman–Crippen MR) is 195 cm³/mol. The van der Waals surface area contributed by atoms with Crippen LogP contribution in [0.4, 0.5) is 17.1 Å². The normalized spacial score (nSPS) is 13.3. The van der Waals surface area contributed by atoms with E-state index in [1.165, 1.54) is 70.0 Å². The lowest BCUT2D eigenvalue weighted by Crippen LogP contribution is -2.16.